The fraction of sp³-hybridized carbons (Fsp3) is 0.615. The molecule has 2 N–H and O–H groups in total. The molecule has 3 nitrogen and oxygen atoms in total. The SMILES string of the molecule is CCC(N)C(c1ccsc1)N(C)CC(C)C#N. The minimum atomic E-state index is 0.0326. The molecule has 0 saturated carbocycles. The first-order valence-electron chi connectivity index (χ1n) is 5.97. The van der Waals surface area contributed by atoms with Crippen molar-refractivity contribution >= 4 is 11.3 Å². The van der Waals surface area contributed by atoms with E-state index in [4.69, 9.17) is 11.0 Å². The summed E-state index contributed by atoms with van der Waals surface area (Å²) in [5.41, 5.74) is 7.47. The van der Waals surface area contributed by atoms with E-state index in [1.807, 2.05) is 14.0 Å². The quantitative estimate of drug-likeness (QED) is 0.845. The molecular formula is C13H21N3S. The lowest BCUT2D eigenvalue weighted by atomic mass is 9.98. The lowest BCUT2D eigenvalue weighted by molar-refractivity contribution is 0.197. The Morgan fingerprint density at radius 1 is 1.59 bits per heavy atom. The van der Waals surface area contributed by atoms with Crippen LogP contribution in [0, 0.1) is 17.2 Å². The average Bonchev–Trinajstić information content (AvgIpc) is 2.82. The van der Waals surface area contributed by atoms with Crippen LogP contribution in [-0.2, 0) is 0 Å². The molecular weight excluding hydrogens is 230 g/mol. The lowest BCUT2D eigenvalue weighted by Gasteiger charge is -2.32. The van der Waals surface area contributed by atoms with Crippen molar-refractivity contribution in [3.05, 3.63) is 22.4 Å². The first kappa shape index (κ1) is 14.2. The van der Waals surface area contributed by atoms with Gasteiger partial charge in [0.25, 0.3) is 0 Å². The third-order valence-electron chi connectivity index (χ3n) is 3.02. The zero-order valence-electron chi connectivity index (χ0n) is 10.8. The van der Waals surface area contributed by atoms with Gasteiger partial charge in [0.2, 0.25) is 0 Å². The molecule has 94 valence electrons. The Hall–Kier alpha value is -0.890. The Morgan fingerprint density at radius 2 is 2.29 bits per heavy atom. The van der Waals surface area contributed by atoms with E-state index >= 15 is 0 Å². The van der Waals surface area contributed by atoms with Crippen molar-refractivity contribution in [3.63, 3.8) is 0 Å². The van der Waals surface area contributed by atoms with Crippen molar-refractivity contribution in [3.8, 4) is 6.07 Å². The van der Waals surface area contributed by atoms with Gasteiger partial charge >= 0.3 is 0 Å². The largest absolute Gasteiger partial charge is 0.326 e. The number of thiophene rings is 1. The van der Waals surface area contributed by atoms with Crippen LogP contribution < -0.4 is 5.73 Å². The van der Waals surface area contributed by atoms with E-state index in [0.29, 0.717) is 0 Å². The standard InChI is InChI=1S/C13H21N3S/c1-4-12(15)13(11-5-6-17-9-11)16(3)8-10(2)7-14/h5-6,9-10,12-13H,4,8,15H2,1-3H3. The number of rotatable bonds is 6. The minimum Gasteiger partial charge on any atom is -0.326 e. The number of hydrogen-bond donors (Lipinski definition) is 1. The molecule has 1 heterocycles. The van der Waals surface area contributed by atoms with Crippen LogP contribution in [0.5, 0.6) is 0 Å². The second-order valence-corrected chi connectivity index (χ2v) is 5.32. The third kappa shape index (κ3) is 3.81. The molecule has 0 bridgehead atoms. The molecule has 3 atom stereocenters. The summed E-state index contributed by atoms with van der Waals surface area (Å²) in [6.45, 7) is 4.80. The summed E-state index contributed by atoms with van der Waals surface area (Å²) in [6, 6.07) is 4.72. The maximum atomic E-state index is 8.89. The van der Waals surface area contributed by atoms with E-state index in [1.54, 1.807) is 11.3 Å². The van der Waals surface area contributed by atoms with Crippen LogP contribution in [0.2, 0.25) is 0 Å². The number of hydrogen-bond acceptors (Lipinski definition) is 4. The highest BCUT2D eigenvalue weighted by Crippen LogP contribution is 2.26. The molecule has 0 amide bonds. The number of nitriles is 1. The number of nitrogens with zero attached hydrogens (tertiary/aromatic N) is 2. The van der Waals surface area contributed by atoms with Gasteiger partial charge in [-0.2, -0.15) is 16.6 Å². The Morgan fingerprint density at radius 3 is 2.76 bits per heavy atom. The number of likely N-dealkylation sites (N-methyl/N-ethyl adjacent to an activating group) is 1. The third-order valence-corrected chi connectivity index (χ3v) is 3.72. The highest BCUT2D eigenvalue weighted by Gasteiger charge is 2.24. The predicted octanol–water partition coefficient (Wildman–Crippen LogP) is 2.62. The molecule has 0 aliphatic carbocycles. The molecule has 17 heavy (non-hydrogen) atoms. The topological polar surface area (TPSA) is 53.0 Å². The zero-order chi connectivity index (χ0) is 12.8. The van der Waals surface area contributed by atoms with Crippen molar-refractivity contribution in [2.45, 2.75) is 32.4 Å². The van der Waals surface area contributed by atoms with Gasteiger partial charge in [-0.15, -0.1) is 0 Å². The van der Waals surface area contributed by atoms with Crippen LogP contribution in [0.15, 0.2) is 16.8 Å². The summed E-state index contributed by atoms with van der Waals surface area (Å²) >= 11 is 1.69. The van der Waals surface area contributed by atoms with E-state index in [-0.39, 0.29) is 18.0 Å². The van der Waals surface area contributed by atoms with Crippen molar-refractivity contribution in [2.24, 2.45) is 11.7 Å². The molecule has 0 aromatic carbocycles. The molecule has 0 fully saturated rings. The van der Waals surface area contributed by atoms with Crippen molar-refractivity contribution in [2.75, 3.05) is 13.6 Å². The van der Waals surface area contributed by atoms with Gasteiger partial charge < -0.3 is 5.73 Å². The van der Waals surface area contributed by atoms with Crippen molar-refractivity contribution < 1.29 is 0 Å². The van der Waals surface area contributed by atoms with Gasteiger partial charge in [0.1, 0.15) is 0 Å². The summed E-state index contributed by atoms with van der Waals surface area (Å²) in [5.74, 6) is 0.0326. The molecule has 4 heteroatoms. The van der Waals surface area contributed by atoms with E-state index < -0.39 is 0 Å². The first-order chi connectivity index (χ1) is 8.10. The summed E-state index contributed by atoms with van der Waals surface area (Å²) in [5, 5.41) is 13.1. The second-order valence-electron chi connectivity index (χ2n) is 4.54. The van der Waals surface area contributed by atoms with E-state index in [1.165, 1.54) is 5.56 Å². The van der Waals surface area contributed by atoms with Gasteiger partial charge in [0.05, 0.1) is 18.0 Å². The van der Waals surface area contributed by atoms with Gasteiger partial charge in [-0.25, -0.2) is 0 Å². The molecule has 0 spiro atoms. The van der Waals surface area contributed by atoms with Gasteiger partial charge in [-0.1, -0.05) is 6.92 Å². The Bertz CT molecular complexity index is 355. The Balaban J connectivity index is 2.81. The number of nitrogens with two attached hydrogens (primary N) is 1. The van der Waals surface area contributed by atoms with Crippen LogP contribution in [0.4, 0.5) is 0 Å². The Kier molecular flexibility index (Phi) is 5.63. The maximum Gasteiger partial charge on any atom is 0.0666 e. The summed E-state index contributed by atoms with van der Waals surface area (Å²) < 4.78 is 0. The summed E-state index contributed by atoms with van der Waals surface area (Å²) in [7, 11) is 2.05. The zero-order valence-corrected chi connectivity index (χ0v) is 11.6. The smallest absolute Gasteiger partial charge is 0.0666 e. The monoisotopic (exact) mass is 251 g/mol. The molecule has 0 saturated heterocycles. The van der Waals surface area contributed by atoms with Crippen LogP contribution in [0.3, 0.4) is 0 Å². The maximum absolute atomic E-state index is 8.89. The minimum absolute atomic E-state index is 0.0326. The van der Waals surface area contributed by atoms with Gasteiger partial charge in [-0.3, -0.25) is 4.90 Å². The molecule has 3 unspecified atom stereocenters. The van der Waals surface area contributed by atoms with E-state index in [0.717, 1.165) is 13.0 Å². The fourth-order valence-corrected chi connectivity index (χ4v) is 2.77. The van der Waals surface area contributed by atoms with Gasteiger partial charge in [-0.05, 0) is 42.8 Å². The van der Waals surface area contributed by atoms with Crippen molar-refractivity contribution in [1.29, 1.82) is 5.26 Å². The fourth-order valence-electron chi connectivity index (χ4n) is 2.08. The van der Waals surface area contributed by atoms with Crippen LogP contribution in [0.25, 0.3) is 0 Å². The molecule has 0 radical (unpaired) electrons. The molecule has 0 aliphatic heterocycles. The molecule has 1 rings (SSSR count). The van der Waals surface area contributed by atoms with E-state index in [2.05, 4.69) is 34.7 Å². The Labute approximate surface area is 108 Å². The van der Waals surface area contributed by atoms with Crippen molar-refractivity contribution in [1.82, 2.24) is 4.90 Å². The second kappa shape index (κ2) is 6.75. The first-order valence-corrected chi connectivity index (χ1v) is 6.92. The highest BCUT2D eigenvalue weighted by molar-refractivity contribution is 7.07. The van der Waals surface area contributed by atoms with Crippen LogP contribution in [0.1, 0.15) is 31.9 Å². The average molecular weight is 251 g/mol. The lowest BCUT2D eigenvalue weighted by Crippen LogP contribution is -2.40. The molecule has 1 aromatic heterocycles. The molecule has 0 aliphatic rings. The van der Waals surface area contributed by atoms with Crippen LogP contribution >= 0.6 is 11.3 Å². The normalized spacial score (nSPS) is 16.5. The highest BCUT2D eigenvalue weighted by atomic mass is 32.1. The van der Waals surface area contributed by atoms with Gasteiger partial charge in [0, 0.05) is 12.6 Å². The van der Waals surface area contributed by atoms with E-state index in [9.17, 15) is 0 Å². The summed E-state index contributed by atoms with van der Waals surface area (Å²) in [4.78, 5) is 2.20. The van der Waals surface area contributed by atoms with Gasteiger partial charge in [0.15, 0.2) is 0 Å². The van der Waals surface area contributed by atoms with Crippen LogP contribution in [-0.4, -0.2) is 24.5 Å². The summed E-state index contributed by atoms with van der Waals surface area (Å²) in [6.07, 6.45) is 0.936. The molecule has 1 aromatic rings. The predicted molar refractivity (Wildman–Crippen MR) is 72.7 cm³/mol.